The van der Waals surface area contributed by atoms with Gasteiger partial charge in [0.15, 0.2) is 9.84 Å². The molecule has 1 amide bonds. The first-order valence-corrected chi connectivity index (χ1v) is 15.3. The maximum absolute atomic E-state index is 13.2. The summed E-state index contributed by atoms with van der Waals surface area (Å²) in [6, 6.07) is -3.22. The van der Waals surface area contributed by atoms with Crippen LogP contribution in [-0.4, -0.2) is 81.8 Å². The molecule has 12 nitrogen and oxygen atoms in total. The first-order valence-electron chi connectivity index (χ1n) is 13.6. The molecule has 0 rings (SSSR count). The molecule has 0 fully saturated rings. The van der Waals surface area contributed by atoms with Crippen LogP contribution in [0, 0.1) is 0 Å². The maximum Gasteiger partial charge on any atom is 0.327 e. The van der Waals surface area contributed by atoms with Crippen molar-refractivity contribution in [2.75, 3.05) is 5.75 Å². The van der Waals surface area contributed by atoms with E-state index in [4.69, 9.17) is 15.9 Å². The summed E-state index contributed by atoms with van der Waals surface area (Å²) < 4.78 is 26.3. The summed E-state index contributed by atoms with van der Waals surface area (Å²) in [4.78, 5) is 45.4. The fourth-order valence-corrected chi connectivity index (χ4v) is 5.43. The molecular formula is C28H44N2O10S. The average Bonchev–Trinajstić information content (AvgIpc) is 2.88. The lowest BCUT2D eigenvalue weighted by atomic mass is 10.1. The van der Waals surface area contributed by atoms with Crippen LogP contribution in [0.5, 0.6) is 0 Å². The molecule has 0 aromatic carbocycles. The maximum atomic E-state index is 13.2. The topological polar surface area (TPSA) is 221 Å². The van der Waals surface area contributed by atoms with E-state index in [0.717, 1.165) is 25.7 Å². The van der Waals surface area contributed by atoms with Crippen molar-refractivity contribution in [3.05, 3.63) is 48.6 Å². The zero-order chi connectivity index (χ0) is 31.3. The molecule has 0 radical (unpaired) electrons. The minimum Gasteiger partial charge on any atom is -0.481 e. The minimum atomic E-state index is -4.38. The number of rotatable bonds is 23. The lowest BCUT2D eigenvalue weighted by Crippen LogP contribution is -2.48. The van der Waals surface area contributed by atoms with Crippen LogP contribution in [0.15, 0.2) is 48.6 Å². The van der Waals surface area contributed by atoms with Crippen LogP contribution < -0.4 is 11.1 Å². The van der Waals surface area contributed by atoms with Crippen LogP contribution in [0.2, 0.25) is 0 Å². The Balaban J connectivity index is 5.46. The van der Waals surface area contributed by atoms with E-state index < -0.39 is 69.3 Å². The Morgan fingerprint density at radius 2 is 1.54 bits per heavy atom. The largest absolute Gasteiger partial charge is 0.481 e. The van der Waals surface area contributed by atoms with Gasteiger partial charge >= 0.3 is 17.9 Å². The number of carbonyl (C=O) groups is 4. The molecule has 0 saturated carbocycles. The molecule has 0 bridgehead atoms. The number of aliphatic hydroxyl groups excluding tert-OH is 1. The Morgan fingerprint density at radius 3 is 2.15 bits per heavy atom. The van der Waals surface area contributed by atoms with Crippen LogP contribution in [0.3, 0.4) is 0 Å². The Hall–Kier alpha value is -3.29. The van der Waals surface area contributed by atoms with Crippen LogP contribution in [0.25, 0.3) is 0 Å². The van der Waals surface area contributed by atoms with E-state index in [0.29, 0.717) is 0 Å². The van der Waals surface area contributed by atoms with Crippen molar-refractivity contribution in [3.63, 3.8) is 0 Å². The summed E-state index contributed by atoms with van der Waals surface area (Å²) >= 11 is 0. The number of sulfone groups is 1. The van der Waals surface area contributed by atoms with Gasteiger partial charge in [0.25, 0.3) is 0 Å². The minimum absolute atomic E-state index is 0.0101. The lowest BCUT2D eigenvalue weighted by molar-refractivity contribution is -0.141. The molecule has 0 aliphatic carbocycles. The van der Waals surface area contributed by atoms with E-state index >= 15 is 0 Å². The predicted octanol–water partition coefficient (Wildman–Crippen LogP) is 2.34. The number of carboxylic acids is 3. The number of amides is 1. The summed E-state index contributed by atoms with van der Waals surface area (Å²) in [6.45, 7) is 2.14. The van der Waals surface area contributed by atoms with Crippen molar-refractivity contribution in [1.82, 2.24) is 5.32 Å². The molecule has 0 spiro atoms. The zero-order valence-electron chi connectivity index (χ0n) is 23.4. The number of unbranched alkanes of at least 4 members (excludes halogenated alkanes) is 3. The van der Waals surface area contributed by atoms with Gasteiger partial charge in [-0.25, -0.2) is 13.2 Å². The third-order valence-electron chi connectivity index (χ3n) is 5.90. The van der Waals surface area contributed by atoms with Gasteiger partial charge in [-0.15, -0.1) is 0 Å². The molecule has 41 heavy (non-hydrogen) atoms. The second kappa shape index (κ2) is 21.5. The number of carboxylic acid groups (broad SMARTS) is 3. The number of hydrogen-bond donors (Lipinski definition) is 6. The molecule has 0 heterocycles. The zero-order valence-corrected chi connectivity index (χ0v) is 24.2. The molecule has 0 saturated heterocycles. The highest BCUT2D eigenvalue weighted by Crippen LogP contribution is 2.17. The van der Waals surface area contributed by atoms with Crippen molar-refractivity contribution in [2.24, 2.45) is 5.73 Å². The van der Waals surface area contributed by atoms with E-state index in [1.807, 2.05) is 12.2 Å². The van der Waals surface area contributed by atoms with Gasteiger partial charge in [-0.1, -0.05) is 68.4 Å². The number of carbonyl (C=O) groups excluding carboxylic acids is 1. The van der Waals surface area contributed by atoms with Gasteiger partial charge in [0.05, 0.1) is 11.9 Å². The average molecular weight is 601 g/mol. The SMILES string of the molecule is CCCCCC=CCC=CC=CC=CC(C(O)CCCC(=O)O)S(=O)(=O)CC(NC(=O)CCC(N)C(=O)O)C(=O)O. The highest BCUT2D eigenvalue weighted by atomic mass is 32.2. The van der Waals surface area contributed by atoms with Crippen molar-refractivity contribution in [2.45, 2.75) is 94.6 Å². The second-order valence-electron chi connectivity index (χ2n) is 9.49. The summed E-state index contributed by atoms with van der Waals surface area (Å²) in [6.07, 6.45) is 16.1. The van der Waals surface area contributed by atoms with Crippen LogP contribution in [0.1, 0.15) is 71.1 Å². The van der Waals surface area contributed by atoms with Crippen molar-refractivity contribution in [3.8, 4) is 0 Å². The fourth-order valence-electron chi connectivity index (χ4n) is 3.57. The summed E-state index contributed by atoms with van der Waals surface area (Å²) in [5.74, 6) is -6.06. The highest BCUT2D eigenvalue weighted by Gasteiger charge is 2.35. The molecule has 232 valence electrons. The quantitative estimate of drug-likeness (QED) is 0.0567. The van der Waals surface area contributed by atoms with Gasteiger partial charge in [0.1, 0.15) is 17.3 Å². The van der Waals surface area contributed by atoms with Gasteiger partial charge in [0, 0.05) is 12.8 Å². The van der Waals surface area contributed by atoms with Crippen molar-refractivity contribution in [1.29, 1.82) is 0 Å². The highest BCUT2D eigenvalue weighted by molar-refractivity contribution is 7.92. The number of nitrogens with two attached hydrogens (primary N) is 1. The first kappa shape index (κ1) is 37.7. The van der Waals surface area contributed by atoms with E-state index in [2.05, 4.69) is 18.3 Å². The molecule has 4 unspecified atom stereocenters. The van der Waals surface area contributed by atoms with Gasteiger partial charge in [-0.3, -0.25) is 14.4 Å². The number of aliphatic carboxylic acids is 3. The molecule has 13 heteroatoms. The van der Waals surface area contributed by atoms with E-state index in [9.17, 15) is 37.8 Å². The fraction of sp³-hybridized carbons (Fsp3) is 0.571. The van der Waals surface area contributed by atoms with Gasteiger partial charge in [-0.05, 0) is 38.5 Å². The Labute approximate surface area is 241 Å². The predicted molar refractivity (Wildman–Crippen MR) is 155 cm³/mol. The monoisotopic (exact) mass is 600 g/mol. The standard InChI is InChI=1S/C28H44N2O10S/c1-2-3-4-5-6-7-8-9-10-11-12-13-16-24(23(31)15-14-17-26(33)34)41(39,40)20-22(28(37)38)30-25(32)19-18-21(29)27(35)36/h6-7,9-13,16,21-24,31H,2-5,8,14-15,17-20,29H2,1H3,(H,30,32)(H,33,34)(H,35,36)(H,37,38). The van der Waals surface area contributed by atoms with Crippen molar-refractivity contribution >= 4 is 33.7 Å². The van der Waals surface area contributed by atoms with Crippen LogP contribution in [0.4, 0.5) is 0 Å². The number of allylic oxidation sites excluding steroid dienone is 7. The summed E-state index contributed by atoms with van der Waals surface area (Å²) in [5, 5.41) is 38.2. The number of nitrogens with one attached hydrogen (secondary N) is 1. The Kier molecular flexibility index (Phi) is 19.7. The molecule has 0 aliphatic heterocycles. The molecule has 4 atom stereocenters. The smallest absolute Gasteiger partial charge is 0.327 e. The molecule has 0 aromatic heterocycles. The molecule has 7 N–H and O–H groups in total. The number of aliphatic hydroxyl groups is 1. The van der Waals surface area contributed by atoms with Crippen molar-refractivity contribution < 1.29 is 48.0 Å². The van der Waals surface area contributed by atoms with Gasteiger partial charge in [-0.2, -0.15) is 0 Å². The first-order chi connectivity index (χ1) is 19.3. The molecular weight excluding hydrogens is 556 g/mol. The van der Waals surface area contributed by atoms with E-state index in [1.165, 1.54) is 24.6 Å². The summed E-state index contributed by atoms with van der Waals surface area (Å²) in [7, 11) is -4.38. The lowest BCUT2D eigenvalue weighted by Gasteiger charge is -2.23. The molecule has 0 aromatic rings. The summed E-state index contributed by atoms with van der Waals surface area (Å²) in [5.41, 5.74) is 5.33. The third kappa shape index (κ3) is 18.6. The third-order valence-corrected chi connectivity index (χ3v) is 8.00. The second-order valence-corrected chi connectivity index (χ2v) is 11.7. The van der Waals surface area contributed by atoms with E-state index in [1.54, 1.807) is 12.2 Å². The van der Waals surface area contributed by atoms with Gasteiger partial charge in [0.2, 0.25) is 5.91 Å². The Bertz CT molecular complexity index is 1050. The number of hydrogen-bond acceptors (Lipinski definition) is 8. The van der Waals surface area contributed by atoms with Crippen LogP contribution >= 0.6 is 0 Å². The van der Waals surface area contributed by atoms with E-state index in [-0.39, 0.29) is 25.7 Å². The van der Waals surface area contributed by atoms with Gasteiger partial charge < -0.3 is 31.5 Å². The van der Waals surface area contributed by atoms with Crippen LogP contribution in [-0.2, 0) is 29.0 Å². The molecule has 0 aliphatic rings. The Morgan fingerprint density at radius 1 is 0.854 bits per heavy atom. The normalized spacial score (nSPS) is 15.4.